The molecule has 0 bridgehead atoms. The van der Waals surface area contributed by atoms with Crippen molar-refractivity contribution in [1.82, 2.24) is 4.98 Å². The number of nitrogens with two attached hydrogens (primary N) is 1. The Kier molecular flexibility index (Phi) is 3.85. The molecule has 0 saturated heterocycles. The van der Waals surface area contributed by atoms with Gasteiger partial charge in [0.05, 0.1) is 5.56 Å². The fourth-order valence-electron chi connectivity index (χ4n) is 2.61. The van der Waals surface area contributed by atoms with Crippen LogP contribution in [0.15, 0.2) is 12.1 Å². The van der Waals surface area contributed by atoms with Gasteiger partial charge in [0.2, 0.25) is 0 Å². The summed E-state index contributed by atoms with van der Waals surface area (Å²) in [5, 5.41) is 3.53. The molecule has 98 valence electrons. The molecule has 0 aromatic carbocycles. The highest BCUT2D eigenvalue weighted by Gasteiger charge is 2.30. The maximum atomic E-state index is 5.75. The zero-order valence-corrected chi connectivity index (χ0v) is 12.1. The molecule has 1 aliphatic carbocycles. The predicted octanol–water partition coefficient (Wildman–Crippen LogP) is 2.87. The Labute approximate surface area is 114 Å². The molecule has 1 aromatic rings. The smallest absolute Gasteiger partial charge is 0.136 e. The maximum Gasteiger partial charge on any atom is 0.136 e. The van der Waals surface area contributed by atoms with Crippen LogP contribution in [0.1, 0.15) is 37.9 Å². The Hall–Kier alpha value is -1.16. The number of aryl methyl sites for hydroxylation is 1. The molecule has 1 heterocycles. The molecule has 18 heavy (non-hydrogen) atoms. The van der Waals surface area contributed by atoms with Crippen molar-refractivity contribution >= 4 is 23.0 Å². The van der Waals surface area contributed by atoms with E-state index in [1.165, 1.54) is 12.8 Å². The number of pyridine rings is 1. The minimum Gasteiger partial charge on any atom is -0.389 e. The van der Waals surface area contributed by atoms with Gasteiger partial charge in [0, 0.05) is 11.7 Å². The van der Waals surface area contributed by atoms with Gasteiger partial charge in [-0.25, -0.2) is 4.98 Å². The van der Waals surface area contributed by atoms with Gasteiger partial charge in [-0.2, -0.15) is 0 Å². The average molecular weight is 263 g/mol. The molecule has 3 atom stereocenters. The van der Waals surface area contributed by atoms with Crippen LogP contribution in [0.3, 0.4) is 0 Å². The summed E-state index contributed by atoms with van der Waals surface area (Å²) in [7, 11) is 0. The van der Waals surface area contributed by atoms with Gasteiger partial charge in [0.1, 0.15) is 10.8 Å². The molecule has 1 fully saturated rings. The molecule has 0 radical (unpaired) electrons. The SMILES string of the molecule is Cc1ccc(C(N)=S)c(NC2CCC(C)C2C)n1. The fourth-order valence-corrected chi connectivity index (χ4v) is 2.77. The lowest BCUT2D eigenvalue weighted by Gasteiger charge is -2.21. The number of rotatable bonds is 3. The van der Waals surface area contributed by atoms with Crippen LogP contribution >= 0.6 is 12.2 Å². The van der Waals surface area contributed by atoms with Crippen LogP contribution in [0, 0.1) is 18.8 Å². The zero-order valence-electron chi connectivity index (χ0n) is 11.2. The van der Waals surface area contributed by atoms with E-state index in [1.807, 2.05) is 19.1 Å². The first-order valence-corrected chi connectivity index (χ1v) is 6.94. The summed E-state index contributed by atoms with van der Waals surface area (Å²) in [5.41, 5.74) is 7.58. The average Bonchev–Trinajstić information content (AvgIpc) is 2.61. The summed E-state index contributed by atoms with van der Waals surface area (Å²) in [4.78, 5) is 4.94. The highest BCUT2D eigenvalue weighted by Crippen LogP contribution is 2.33. The largest absolute Gasteiger partial charge is 0.389 e. The van der Waals surface area contributed by atoms with E-state index < -0.39 is 0 Å². The van der Waals surface area contributed by atoms with Crippen molar-refractivity contribution in [1.29, 1.82) is 0 Å². The van der Waals surface area contributed by atoms with E-state index in [-0.39, 0.29) is 0 Å². The number of thiocarbonyl (C=S) groups is 1. The third-order valence-corrected chi connectivity index (χ3v) is 4.31. The topological polar surface area (TPSA) is 50.9 Å². The Balaban J connectivity index is 2.23. The lowest BCUT2D eigenvalue weighted by atomic mass is 9.98. The van der Waals surface area contributed by atoms with Gasteiger partial charge in [-0.1, -0.05) is 26.1 Å². The van der Waals surface area contributed by atoms with Gasteiger partial charge >= 0.3 is 0 Å². The van der Waals surface area contributed by atoms with Crippen molar-refractivity contribution in [2.45, 2.75) is 39.7 Å². The van der Waals surface area contributed by atoms with E-state index in [2.05, 4.69) is 24.1 Å². The number of nitrogens with one attached hydrogen (secondary N) is 1. The van der Waals surface area contributed by atoms with E-state index in [1.54, 1.807) is 0 Å². The lowest BCUT2D eigenvalue weighted by molar-refractivity contribution is 0.435. The minimum atomic E-state index is 0.406. The Morgan fingerprint density at radius 3 is 2.67 bits per heavy atom. The molecule has 3 nitrogen and oxygen atoms in total. The summed E-state index contributed by atoms with van der Waals surface area (Å²) >= 11 is 5.08. The van der Waals surface area contributed by atoms with Crippen LogP contribution in [0.2, 0.25) is 0 Å². The fraction of sp³-hybridized carbons (Fsp3) is 0.571. The molecule has 0 aliphatic heterocycles. The molecule has 3 unspecified atom stereocenters. The standard InChI is InChI=1S/C14H21N3S/c1-8-4-7-12(10(8)3)17-14-11(13(15)18)6-5-9(2)16-14/h5-6,8,10,12H,4,7H2,1-3H3,(H2,15,18)(H,16,17). The number of aromatic nitrogens is 1. The highest BCUT2D eigenvalue weighted by atomic mass is 32.1. The molecule has 3 N–H and O–H groups in total. The van der Waals surface area contributed by atoms with Crippen LogP contribution in [-0.4, -0.2) is 16.0 Å². The lowest BCUT2D eigenvalue weighted by Crippen LogP contribution is -2.26. The number of hydrogen-bond donors (Lipinski definition) is 2. The van der Waals surface area contributed by atoms with E-state index in [9.17, 15) is 0 Å². The molecule has 2 rings (SSSR count). The van der Waals surface area contributed by atoms with E-state index in [4.69, 9.17) is 18.0 Å². The second kappa shape index (κ2) is 5.22. The summed E-state index contributed by atoms with van der Waals surface area (Å²) in [6.07, 6.45) is 2.46. The first-order chi connectivity index (χ1) is 8.49. The van der Waals surface area contributed by atoms with Gasteiger partial charge in [0.15, 0.2) is 0 Å². The third-order valence-electron chi connectivity index (χ3n) is 4.09. The van der Waals surface area contributed by atoms with Crippen molar-refractivity contribution in [2.75, 3.05) is 5.32 Å². The van der Waals surface area contributed by atoms with E-state index in [0.29, 0.717) is 16.9 Å². The summed E-state index contributed by atoms with van der Waals surface area (Å²) in [6, 6.07) is 4.37. The quantitative estimate of drug-likeness (QED) is 0.823. The Morgan fingerprint density at radius 1 is 1.39 bits per heavy atom. The van der Waals surface area contributed by atoms with Gasteiger partial charge in [-0.15, -0.1) is 0 Å². The van der Waals surface area contributed by atoms with Crippen LogP contribution < -0.4 is 11.1 Å². The van der Waals surface area contributed by atoms with Crippen molar-refractivity contribution < 1.29 is 0 Å². The molecular weight excluding hydrogens is 242 g/mol. The first-order valence-electron chi connectivity index (χ1n) is 6.53. The van der Waals surface area contributed by atoms with Gasteiger partial charge in [-0.05, 0) is 43.7 Å². The monoisotopic (exact) mass is 263 g/mol. The van der Waals surface area contributed by atoms with Crippen molar-refractivity contribution in [3.8, 4) is 0 Å². The molecule has 0 amide bonds. The van der Waals surface area contributed by atoms with Crippen LogP contribution in [0.4, 0.5) is 5.82 Å². The first kappa shape index (κ1) is 13.3. The van der Waals surface area contributed by atoms with E-state index in [0.717, 1.165) is 23.0 Å². The zero-order chi connectivity index (χ0) is 13.3. The number of anilines is 1. The molecule has 4 heteroatoms. The normalized spacial score (nSPS) is 27.2. The predicted molar refractivity (Wildman–Crippen MR) is 79.8 cm³/mol. The Morgan fingerprint density at radius 2 is 2.11 bits per heavy atom. The van der Waals surface area contributed by atoms with Crippen LogP contribution in [0.5, 0.6) is 0 Å². The van der Waals surface area contributed by atoms with Crippen LogP contribution in [0.25, 0.3) is 0 Å². The van der Waals surface area contributed by atoms with Crippen molar-refractivity contribution in [3.05, 3.63) is 23.4 Å². The Bertz CT molecular complexity index is 458. The van der Waals surface area contributed by atoms with Gasteiger partial charge in [-0.3, -0.25) is 0 Å². The van der Waals surface area contributed by atoms with Crippen LogP contribution in [-0.2, 0) is 0 Å². The summed E-state index contributed by atoms with van der Waals surface area (Å²) in [5.74, 6) is 2.26. The molecular formula is C14H21N3S. The van der Waals surface area contributed by atoms with E-state index >= 15 is 0 Å². The highest BCUT2D eigenvalue weighted by molar-refractivity contribution is 7.80. The molecule has 1 aliphatic rings. The number of hydrogen-bond acceptors (Lipinski definition) is 3. The van der Waals surface area contributed by atoms with Crippen molar-refractivity contribution in [2.24, 2.45) is 17.6 Å². The molecule has 1 saturated carbocycles. The summed E-state index contributed by atoms with van der Waals surface area (Å²) < 4.78 is 0. The molecule has 0 spiro atoms. The second-order valence-corrected chi connectivity index (χ2v) is 5.82. The van der Waals surface area contributed by atoms with Crippen molar-refractivity contribution in [3.63, 3.8) is 0 Å². The summed E-state index contributed by atoms with van der Waals surface area (Å²) in [6.45, 7) is 6.59. The third kappa shape index (κ3) is 2.64. The maximum absolute atomic E-state index is 5.75. The van der Waals surface area contributed by atoms with Gasteiger partial charge < -0.3 is 11.1 Å². The number of nitrogens with zero attached hydrogens (tertiary/aromatic N) is 1. The molecule has 1 aromatic heterocycles. The minimum absolute atomic E-state index is 0.406. The second-order valence-electron chi connectivity index (χ2n) is 5.38. The van der Waals surface area contributed by atoms with Gasteiger partial charge in [0.25, 0.3) is 0 Å².